The normalized spacial score (nSPS) is 14.1. The molecule has 6 heteroatoms. The van der Waals surface area contributed by atoms with Crippen LogP contribution in [-0.4, -0.2) is 42.5 Å². The van der Waals surface area contributed by atoms with Gasteiger partial charge in [0.1, 0.15) is 0 Å². The van der Waals surface area contributed by atoms with Gasteiger partial charge in [-0.05, 0) is 42.5 Å². The van der Waals surface area contributed by atoms with Crippen LogP contribution in [0.1, 0.15) is 92.2 Å². The van der Waals surface area contributed by atoms with Crippen molar-refractivity contribution in [3.8, 4) is 0 Å². The van der Waals surface area contributed by atoms with Gasteiger partial charge < -0.3 is 16.0 Å². The van der Waals surface area contributed by atoms with E-state index in [9.17, 15) is 9.59 Å². The topological polar surface area (TPSA) is 73.5 Å². The van der Waals surface area contributed by atoms with Crippen molar-refractivity contribution < 1.29 is 9.59 Å². The summed E-state index contributed by atoms with van der Waals surface area (Å²) in [7, 11) is 0. The third-order valence-corrected chi connectivity index (χ3v) is 7.95. The van der Waals surface area contributed by atoms with Crippen LogP contribution in [0.3, 0.4) is 0 Å². The van der Waals surface area contributed by atoms with Gasteiger partial charge in [0.05, 0.1) is 17.3 Å². The summed E-state index contributed by atoms with van der Waals surface area (Å²) in [6, 6.07) is 28.5. The van der Waals surface area contributed by atoms with Crippen molar-refractivity contribution in [3.05, 3.63) is 102 Å². The summed E-state index contributed by atoms with van der Waals surface area (Å²) in [5, 5.41) is 9.05. The first kappa shape index (κ1) is 30.3. The monoisotopic (exact) mass is 554 g/mol. The number of likely N-dealkylation sites (tertiary alicyclic amines) is 1. The van der Waals surface area contributed by atoms with Crippen LogP contribution in [0.5, 0.6) is 0 Å². The third kappa shape index (κ3) is 9.46. The molecule has 41 heavy (non-hydrogen) atoms. The molecule has 1 fully saturated rings. The second kappa shape index (κ2) is 16.6. The molecule has 1 aliphatic heterocycles. The number of rotatable bonds is 14. The van der Waals surface area contributed by atoms with Crippen molar-refractivity contribution in [2.45, 2.75) is 76.8 Å². The predicted molar refractivity (Wildman–Crippen MR) is 168 cm³/mol. The number of piperidine rings is 1. The number of amides is 3. The highest BCUT2D eigenvalue weighted by Gasteiger charge is 2.28. The zero-order valence-electron chi connectivity index (χ0n) is 24.5. The van der Waals surface area contributed by atoms with E-state index in [2.05, 4.69) is 88.4 Å². The third-order valence-electron chi connectivity index (χ3n) is 7.95. The second-order valence-electron chi connectivity index (χ2n) is 11.1. The van der Waals surface area contributed by atoms with Gasteiger partial charge in [-0.2, -0.15) is 0 Å². The number of unbranched alkanes of at least 4 members (excludes halogenated alkanes) is 6. The van der Waals surface area contributed by atoms with Crippen molar-refractivity contribution in [1.29, 1.82) is 0 Å². The van der Waals surface area contributed by atoms with E-state index in [0.29, 0.717) is 17.8 Å². The number of hydrogen-bond donors (Lipinski definition) is 3. The van der Waals surface area contributed by atoms with E-state index in [4.69, 9.17) is 0 Å². The van der Waals surface area contributed by atoms with Crippen LogP contribution in [0, 0.1) is 0 Å². The Morgan fingerprint density at radius 2 is 1.32 bits per heavy atom. The summed E-state index contributed by atoms with van der Waals surface area (Å²) in [5.41, 5.74) is 3.60. The number of para-hydroxylation sites is 1. The maximum Gasteiger partial charge on any atom is 0.319 e. The molecule has 0 aromatic heterocycles. The lowest BCUT2D eigenvalue weighted by Crippen LogP contribution is -2.46. The van der Waals surface area contributed by atoms with Crippen LogP contribution in [0.4, 0.5) is 10.5 Å². The lowest BCUT2D eigenvalue weighted by atomic mass is 9.94. The fourth-order valence-electron chi connectivity index (χ4n) is 5.69. The van der Waals surface area contributed by atoms with Crippen LogP contribution in [0.25, 0.3) is 0 Å². The van der Waals surface area contributed by atoms with Gasteiger partial charge in [0, 0.05) is 25.7 Å². The Labute approximate surface area is 245 Å². The van der Waals surface area contributed by atoms with Gasteiger partial charge in [-0.15, -0.1) is 0 Å². The van der Waals surface area contributed by atoms with E-state index in [0.717, 1.165) is 38.8 Å². The first-order valence-electron chi connectivity index (χ1n) is 15.4. The molecule has 6 nitrogen and oxygen atoms in total. The molecule has 0 aliphatic carbocycles. The predicted octanol–water partition coefficient (Wildman–Crippen LogP) is 7.54. The number of benzene rings is 3. The molecule has 218 valence electrons. The maximum absolute atomic E-state index is 13.3. The molecule has 0 unspecified atom stereocenters. The molecule has 3 aromatic rings. The molecule has 0 saturated carbocycles. The van der Waals surface area contributed by atoms with E-state index in [1.165, 1.54) is 43.2 Å². The fraction of sp³-hybridized carbons (Fsp3) is 0.429. The van der Waals surface area contributed by atoms with Crippen LogP contribution in [-0.2, 0) is 0 Å². The smallest absolute Gasteiger partial charge is 0.319 e. The van der Waals surface area contributed by atoms with E-state index >= 15 is 0 Å². The highest BCUT2D eigenvalue weighted by molar-refractivity contribution is 6.03. The summed E-state index contributed by atoms with van der Waals surface area (Å²) in [6.07, 6.45) is 10.2. The molecule has 3 aromatic carbocycles. The molecule has 1 saturated heterocycles. The minimum atomic E-state index is -0.266. The van der Waals surface area contributed by atoms with Crippen LogP contribution in [0.15, 0.2) is 84.9 Å². The molecular weight excluding hydrogens is 508 g/mol. The van der Waals surface area contributed by atoms with Crippen LogP contribution < -0.4 is 16.0 Å². The number of hydrogen-bond acceptors (Lipinski definition) is 3. The molecule has 1 aliphatic rings. The molecule has 3 amide bonds. The van der Waals surface area contributed by atoms with Crippen LogP contribution >= 0.6 is 0 Å². The molecule has 0 spiro atoms. The fourth-order valence-corrected chi connectivity index (χ4v) is 5.69. The Kier molecular flexibility index (Phi) is 12.3. The maximum atomic E-state index is 13.3. The zero-order chi connectivity index (χ0) is 28.7. The quantitative estimate of drug-likeness (QED) is 0.180. The Morgan fingerprint density at radius 1 is 0.756 bits per heavy atom. The van der Waals surface area contributed by atoms with E-state index in [-0.39, 0.29) is 24.0 Å². The van der Waals surface area contributed by atoms with Crippen molar-refractivity contribution in [1.82, 2.24) is 15.5 Å². The van der Waals surface area contributed by atoms with Gasteiger partial charge in [0.2, 0.25) is 0 Å². The van der Waals surface area contributed by atoms with Crippen molar-refractivity contribution in [2.24, 2.45) is 0 Å². The SMILES string of the molecule is CCCCCCCCCNC(=O)Nc1ccccc1C(=O)NC1CCN(C(c2ccccc2)c2ccccc2)CC1. The highest BCUT2D eigenvalue weighted by atomic mass is 16.2. The van der Waals surface area contributed by atoms with Crippen molar-refractivity contribution >= 4 is 17.6 Å². The highest BCUT2D eigenvalue weighted by Crippen LogP contribution is 2.31. The van der Waals surface area contributed by atoms with E-state index in [1.54, 1.807) is 12.1 Å². The Hall–Kier alpha value is -3.64. The lowest BCUT2D eigenvalue weighted by molar-refractivity contribution is 0.0901. The Bertz CT molecular complexity index is 1150. The number of urea groups is 1. The second-order valence-corrected chi connectivity index (χ2v) is 11.1. The first-order valence-corrected chi connectivity index (χ1v) is 15.4. The molecular formula is C35H46N4O2. The van der Waals surface area contributed by atoms with Gasteiger partial charge >= 0.3 is 6.03 Å². The number of carbonyl (C=O) groups is 2. The minimum absolute atomic E-state index is 0.0881. The summed E-state index contributed by atoms with van der Waals surface area (Å²) in [4.78, 5) is 28.3. The van der Waals surface area contributed by atoms with Crippen molar-refractivity contribution in [3.63, 3.8) is 0 Å². The van der Waals surface area contributed by atoms with E-state index < -0.39 is 0 Å². The van der Waals surface area contributed by atoms with Gasteiger partial charge in [-0.1, -0.05) is 118 Å². The standard InChI is InChI=1S/C35H46N4O2/c1-2-3-4-5-6-7-16-25-36-35(41)38-32-22-15-14-21-31(32)34(40)37-30-23-26-39(27-24-30)33(28-17-10-8-11-18-28)29-19-12-9-13-20-29/h8-15,17-22,30,33H,2-7,16,23-27H2,1H3,(H,37,40)(H2,36,38,41). The van der Waals surface area contributed by atoms with Gasteiger partial charge in [-0.3, -0.25) is 9.69 Å². The molecule has 4 rings (SSSR count). The largest absolute Gasteiger partial charge is 0.349 e. The summed E-state index contributed by atoms with van der Waals surface area (Å²) in [5.74, 6) is -0.144. The van der Waals surface area contributed by atoms with E-state index in [1.807, 2.05) is 12.1 Å². The van der Waals surface area contributed by atoms with Gasteiger partial charge in [0.15, 0.2) is 0 Å². The van der Waals surface area contributed by atoms with Gasteiger partial charge in [0.25, 0.3) is 5.91 Å². The molecule has 1 heterocycles. The summed E-state index contributed by atoms with van der Waals surface area (Å²) in [6.45, 7) is 4.64. The van der Waals surface area contributed by atoms with Crippen LogP contribution in [0.2, 0.25) is 0 Å². The molecule has 3 N–H and O–H groups in total. The average Bonchev–Trinajstić information content (AvgIpc) is 3.01. The molecule has 0 atom stereocenters. The average molecular weight is 555 g/mol. The van der Waals surface area contributed by atoms with Crippen molar-refractivity contribution in [2.75, 3.05) is 25.0 Å². The number of nitrogens with one attached hydrogen (secondary N) is 3. The number of anilines is 1. The Balaban J connectivity index is 1.26. The lowest BCUT2D eigenvalue weighted by Gasteiger charge is -2.38. The number of carbonyl (C=O) groups excluding carboxylic acids is 2. The summed E-state index contributed by atoms with van der Waals surface area (Å²) < 4.78 is 0. The molecule has 0 bridgehead atoms. The summed E-state index contributed by atoms with van der Waals surface area (Å²) >= 11 is 0. The Morgan fingerprint density at radius 3 is 1.95 bits per heavy atom. The minimum Gasteiger partial charge on any atom is -0.349 e. The first-order chi connectivity index (χ1) is 20.2. The zero-order valence-corrected chi connectivity index (χ0v) is 24.5. The number of nitrogens with zero attached hydrogens (tertiary/aromatic N) is 1. The molecule has 0 radical (unpaired) electrons. The van der Waals surface area contributed by atoms with Gasteiger partial charge in [-0.25, -0.2) is 4.79 Å².